The Morgan fingerprint density at radius 2 is 1.16 bits per heavy atom. The van der Waals surface area contributed by atoms with Gasteiger partial charge in [0.15, 0.2) is 0 Å². The van der Waals surface area contributed by atoms with Gasteiger partial charge in [0.05, 0.1) is 7.11 Å². The van der Waals surface area contributed by atoms with Gasteiger partial charge in [-0.2, -0.15) is 0 Å². The molecule has 290 valence electrons. The van der Waals surface area contributed by atoms with Crippen LogP contribution in [0.25, 0.3) is 5.57 Å². The van der Waals surface area contributed by atoms with Crippen LogP contribution in [0.4, 0.5) is 0 Å². The van der Waals surface area contributed by atoms with E-state index in [0.29, 0.717) is 30.3 Å². The zero-order chi connectivity index (χ0) is 38.9. The third-order valence-corrected chi connectivity index (χ3v) is 7.95. The number of hydrogen-bond donors (Lipinski definition) is 0. The normalized spacial score (nSPS) is 13.8. The molecular formula is C44H84O5. The molecule has 0 radical (unpaired) electrons. The van der Waals surface area contributed by atoms with E-state index < -0.39 is 0 Å². The first-order valence-electron chi connectivity index (χ1n) is 19.7. The molecule has 0 atom stereocenters. The minimum atomic E-state index is -0.123. The Balaban J connectivity index is -0.000000160. The van der Waals surface area contributed by atoms with Gasteiger partial charge >= 0.3 is 5.97 Å². The molecule has 0 saturated heterocycles. The van der Waals surface area contributed by atoms with E-state index in [-0.39, 0.29) is 5.97 Å². The number of allylic oxidation sites excluding steroid dienone is 1. The van der Waals surface area contributed by atoms with E-state index in [0.717, 1.165) is 56.6 Å². The van der Waals surface area contributed by atoms with Crippen LogP contribution < -0.4 is 0 Å². The molecule has 1 aromatic rings. The molecule has 1 saturated carbocycles. The average molecular weight is 693 g/mol. The van der Waals surface area contributed by atoms with Crippen LogP contribution in [-0.2, 0) is 30.3 Å². The molecular weight excluding hydrogens is 608 g/mol. The van der Waals surface area contributed by atoms with E-state index in [4.69, 9.17) is 0 Å². The first-order valence-corrected chi connectivity index (χ1v) is 19.7. The van der Waals surface area contributed by atoms with E-state index in [1.165, 1.54) is 69.6 Å². The first-order chi connectivity index (χ1) is 23.3. The number of carbonyl (C=O) groups excluding carboxylic acids is 3. The molecule has 0 bridgehead atoms. The Kier molecular flexibility index (Phi) is 52.4. The maximum absolute atomic E-state index is 11.0. The highest BCUT2D eigenvalue weighted by Crippen LogP contribution is 2.30. The number of rotatable bonds is 13. The number of aryl methyl sites for hydroxylation is 1. The van der Waals surface area contributed by atoms with Crippen molar-refractivity contribution >= 4 is 23.1 Å². The Morgan fingerprint density at radius 1 is 0.694 bits per heavy atom. The quantitative estimate of drug-likeness (QED) is 0.192. The zero-order valence-corrected chi connectivity index (χ0v) is 35.2. The third kappa shape index (κ3) is 45.7. The summed E-state index contributed by atoms with van der Waals surface area (Å²) in [5.74, 6) is 1.97. The molecule has 0 unspecified atom stereocenters. The van der Waals surface area contributed by atoms with E-state index in [1.54, 1.807) is 14.0 Å². The summed E-state index contributed by atoms with van der Waals surface area (Å²) in [6.45, 7) is 29.5. The Morgan fingerprint density at radius 3 is 1.37 bits per heavy atom. The van der Waals surface area contributed by atoms with E-state index >= 15 is 0 Å². The van der Waals surface area contributed by atoms with Crippen LogP contribution in [0, 0.1) is 11.8 Å². The number of ketones is 2. The summed E-state index contributed by atoms with van der Waals surface area (Å²) in [6.07, 6.45) is 17.8. The van der Waals surface area contributed by atoms with E-state index in [9.17, 15) is 14.4 Å². The van der Waals surface area contributed by atoms with Crippen LogP contribution in [0.15, 0.2) is 30.8 Å². The van der Waals surface area contributed by atoms with Crippen molar-refractivity contribution in [1.82, 2.24) is 0 Å². The van der Waals surface area contributed by atoms with Gasteiger partial charge in [0.25, 0.3) is 0 Å². The number of methoxy groups -OCH3 is 2. The molecule has 49 heavy (non-hydrogen) atoms. The SMILES string of the molecule is C=C(C)c1ccc(CC)cc1.CCC1CCC(C(C)=O)CC1.CCCC.CCCC(=O)CC.CCCC(=O)OC.CCCCC.CCOC. The fourth-order valence-corrected chi connectivity index (χ4v) is 4.12. The van der Waals surface area contributed by atoms with Gasteiger partial charge in [0, 0.05) is 38.9 Å². The topological polar surface area (TPSA) is 69.7 Å². The van der Waals surface area contributed by atoms with Gasteiger partial charge in [-0.3, -0.25) is 14.4 Å². The predicted octanol–water partition coefficient (Wildman–Crippen LogP) is 13.5. The van der Waals surface area contributed by atoms with Crippen molar-refractivity contribution in [2.24, 2.45) is 11.8 Å². The lowest BCUT2D eigenvalue weighted by Crippen LogP contribution is -2.19. The van der Waals surface area contributed by atoms with Crippen molar-refractivity contribution in [3.05, 3.63) is 42.0 Å². The van der Waals surface area contributed by atoms with Crippen molar-refractivity contribution in [1.29, 1.82) is 0 Å². The Labute approximate surface area is 306 Å². The fraction of sp³-hybridized carbons (Fsp3) is 0.750. The molecule has 0 spiro atoms. The van der Waals surface area contributed by atoms with Crippen LogP contribution in [0.3, 0.4) is 0 Å². The van der Waals surface area contributed by atoms with Crippen LogP contribution in [-0.4, -0.2) is 38.4 Å². The molecule has 1 fully saturated rings. The van der Waals surface area contributed by atoms with Crippen molar-refractivity contribution < 1.29 is 23.9 Å². The van der Waals surface area contributed by atoms with Crippen molar-refractivity contribution in [2.45, 2.75) is 186 Å². The van der Waals surface area contributed by atoms with Crippen LogP contribution in [0.1, 0.15) is 191 Å². The summed E-state index contributed by atoms with van der Waals surface area (Å²) in [5, 5.41) is 0. The fourth-order valence-electron chi connectivity index (χ4n) is 4.12. The van der Waals surface area contributed by atoms with Gasteiger partial charge in [-0.15, -0.1) is 0 Å². The molecule has 0 N–H and O–H groups in total. The molecule has 1 aliphatic carbocycles. The standard InChI is InChI=1S/C11H14.C10H18O.C6H12O.C5H10O2.C5H12.C4H10.C3H8O/c1-4-10-5-7-11(8-6-10)9(2)3;1-3-9-4-6-10(7-5-9)8(2)11;1-3-5-6(7)4-2;1-3-4-5(6)7-2;1-3-5-4-2;2*1-3-4-2/h5-8H,2,4H2,1,3H3;9-10H,3-7H2,1-2H3;3-5H2,1-2H3;3-4H2,1-2H3;3-5H2,1-2H3;3-4H2,1-2H3;3H2,1-2H3. The van der Waals surface area contributed by atoms with Gasteiger partial charge in [-0.1, -0.05) is 137 Å². The number of carbonyl (C=O) groups is 3. The molecule has 0 aliphatic heterocycles. The third-order valence-electron chi connectivity index (χ3n) is 7.95. The minimum Gasteiger partial charge on any atom is -0.469 e. The molecule has 0 amide bonds. The number of hydrogen-bond acceptors (Lipinski definition) is 5. The lowest BCUT2D eigenvalue weighted by atomic mass is 9.79. The smallest absolute Gasteiger partial charge is 0.305 e. The van der Waals surface area contributed by atoms with Crippen molar-refractivity contribution in [3.8, 4) is 0 Å². The number of ether oxygens (including phenoxy) is 2. The average Bonchev–Trinajstić information content (AvgIpc) is 3.13. The summed E-state index contributed by atoms with van der Waals surface area (Å²) in [6, 6.07) is 8.57. The van der Waals surface area contributed by atoms with Crippen LogP contribution in [0.5, 0.6) is 0 Å². The predicted molar refractivity (Wildman–Crippen MR) is 217 cm³/mol. The van der Waals surface area contributed by atoms with Gasteiger partial charge in [-0.05, 0) is 82.8 Å². The number of benzene rings is 1. The summed E-state index contributed by atoms with van der Waals surface area (Å²) < 4.78 is 8.89. The van der Waals surface area contributed by atoms with Gasteiger partial charge in [-0.25, -0.2) is 0 Å². The lowest BCUT2D eigenvalue weighted by Gasteiger charge is -2.25. The second-order valence-corrected chi connectivity index (χ2v) is 12.5. The zero-order valence-electron chi connectivity index (χ0n) is 35.2. The molecule has 5 heteroatoms. The molecule has 2 rings (SSSR count). The second kappa shape index (κ2) is 45.7. The Hall–Kier alpha value is -2.27. The molecule has 1 aliphatic rings. The van der Waals surface area contributed by atoms with Crippen LogP contribution in [0.2, 0.25) is 0 Å². The highest BCUT2D eigenvalue weighted by molar-refractivity contribution is 5.78. The first kappa shape index (κ1) is 56.1. The number of unbranched alkanes of at least 4 members (excludes halogenated alkanes) is 3. The van der Waals surface area contributed by atoms with Crippen molar-refractivity contribution in [3.63, 3.8) is 0 Å². The van der Waals surface area contributed by atoms with E-state index in [2.05, 4.69) is 81.9 Å². The molecule has 1 aromatic carbocycles. The highest BCUT2D eigenvalue weighted by atomic mass is 16.5. The lowest BCUT2D eigenvalue weighted by molar-refractivity contribution is -0.140. The van der Waals surface area contributed by atoms with Gasteiger partial charge in [0.1, 0.15) is 11.6 Å². The Bertz CT molecular complexity index is 807. The van der Waals surface area contributed by atoms with Crippen molar-refractivity contribution in [2.75, 3.05) is 20.8 Å². The maximum atomic E-state index is 11.0. The summed E-state index contributed by atoms with van der Waals surface area (Å²) in [4.78, 5) is 31.6. The second-order valence-electron chi connectivity index (χ2n) is 12.5. The molecule has 0 aromatic heterocycles. The minimum absolute atomic E-state index is 0.123. The summed E-state index contributed by atoms with van der Waals surface area (Å²) in [7, 11) is 3.08. The summed E-state index contributed by atoms with van der Waals surface area (Å²) >= 11 is 0. The largest absolute Gasteiger partial charge is 0.469 e. The van der Waals surface area contributed by atoms with Crippen LogP contribution >= 0.6 is 0 Å². The highest BCUT2D eigenvalue weighted by Gasteiger charge is 2.22. The molecule has 5 nitrogen and oxygen atoms in total. The monoisotopic (exact) mass is 693 g/mol. The molecule has 0 heterocycles. The number of Topliss-reactive ketones (excluding diaryl/α,β-unsaturated/α-hetero) is 2. The number of esters is 1. The van der Waals surface area contributed by atoms with Gasteiger partial charge < -0.3 is 9.47 Å². The maximum Gasteiger partial charge on any atom is 0.305 e. The van der Waals surface area contributed by atoms with Gasteiger partial charge in [0.2, 0.25) is 0 Å². The van der Waals surface area contributed by atoms with E-state index in [1.807, 2.05) is 34.6 Å². The summed E-state index contributed by atoms with van der Waals surface area (Å²) in [5.41, 5.74) is 3.75.